The van der Waals surface area contributed by atoms with Gasteiger partial charge >= 0.3 is 12.2 Å². The molecule has 0 bridgehead atoms. The van der Waals surface area contributed by atoms with E-state index in [9.17, 15) is 18.0 Å². The predicted octanol–water partition coefficient (Wildman–Crippen LogP) is 7.03. The van der Waals surface area contributed by atoms with Crippen LogP contribution in [-0.2, 0) is 6.18 Å². The zero-order chi connectivity index (χ0) is 22.8. The first-order valence-corrected chi connectivity index (χ1v) is 9.44. The van der Waals surface area contributed by atoms with Gasteiger partial charge in [-0.2, -0.15) is 13.2 Å². The van der Waals surface area contributed by atoms with E-state index in [1.54, 1.807) is 30.3 Å². The molecule has 0 saturated heterocycles. The highest BCUT2D eigenvalue weighted by atomic mass is 35.5. The molecule has 0 aliphatic carbocycles. The van der Waals surface area contributed by atoms with Crippen molar-refractivity contribution in [2.24, 2.45) is 5.73 Å². The first-order valence-electron chi connectivity index (χ1n) is 8.68. The molecular weight excluding hydrogens is 456 g/mol. The third kappa shape index (κ3) is 4.98. The van der Waals surface area contributed by atoms with Gasteiger partial charge in [-0.25, -0.2) is 4.79 Å². The number of anilines is 2. The van der Waals surface area contributed by atoms with E-state index in [1.807, 2.05) is 0 Å². The number of nitrogens with zero attached hydrogens (tertiary/aromatic N) is 1. The molecule has 10 heteroatoms. The van der Waals surface area contributed by atoms with E-state index < -0.39 is 17.8 Å². The van der Waals surface area contributed by atoms with Crippen LogP contribution in [0.4, 0.5) is 29.3 Å². The lowest BCUT2D eigenvalue weighted by molar-refractivity contribution is -0.137. The van der Waals surface area contributed by atoms with Crippen LogP contribution in [0.5, 0.6) is 17.2 Å². The Bertz CT molecular complexity index is 1090. The van der Waals surface area contributed by atoms with E-state index in [4.69, 9.17) is 38.4 Å². The number of benzene rings is 3. The van der Waals surface area contributed by atoms with Crippen LogP contribution in [0.3, 0.4) is 0 Å². The van der Waals surface area contributed by atoms with Gasteiger partial charge in [-0.3, -0.25) is 4.90 Å². The number of hydrogen-bond acceptors (Lipinski definition) is 3. The number of hydrogen-bond donors (Lipinski definition) is 1. The van der Waals surface area contributed by atoms with Crippen LogP contribution in [0.15, 0.2) is 60.7 Å². The molecular formula is C21H15Cl2F3N2O3. The van der Waals surface area contributed by atoms with Crippen LogP contribution in [0, 0.1) is 0 Å². The number of carbonyl (C=O) groups excluding carboxylic acids is 1. The molecule has 0 aromatic heterocycles. The lowest BCUT2D eigenvalue weighted by Gasteiger charge is -2.25. The van der Waals surface area contributed by atoms with Crippen molar-refractivity contribution in [2.45, 2.75) is 6.18 Å². The minimum Gasteiger partial charge on any atom is -0.495 e. The summed E-state index contributed by atoms with van der Waals surface area (Å²) in [7, 11) is 1.25. The average molecular weight is 471 g/mol. The summed E-state index contributed by atoms with van der Waals surface area (Å²) in [5, 5.41) is 0.0343. The maximum absolute atomic E-state index is 13.2. The molecule has 0 radical (unpaired) electrons. The number of amides is 2. The largest absolute Gasteiger partial charge is 0.495 e. The molecule has 0 spiro atoms. The minimum atomic E-state index is -4.65. The molecule has 0 unspecified atom stereocenters. The number of urea groups is 1. The number of para-hydroxylation sites is 1. The van der Waals surface area contributed by atoms with Crippen molar-refractivity contribution in [2.75, 3.05) is 12.0 Å². The SMILES string of the molecule is COc1ccc(C(F)(F)F)cc1N(C(N)=O)c1cc(Cl)c(Oc2ccccc2)c(Cl)c1. The summed E-state index contributed by atoms with van der Waals surface area (Å²) < 4.78 is 50.5. The monoisotopic (exact) mass is 470 g/mol. The first kappa shape index (κ1) is 22.6. The van der Waals surface area contributed by atoms with E-state index in [0.717, 1.165) is 23.1 Å². The molecule has 2 N–H and O–H groups in total. The van der Waals surface area contributed by atoms with Gasteiger partial charge in [0.05, 0.1) is 34.1 Å². The lowest BCUT2D eigenvalue weighted by Crippen LogP contribution is -2.32. The minimum absolute atomic E-state index is 0.0105. The maximum atomic E-state index is 13.2. The fourth-order valence-electron chi connectivity index (χ4n) is 2.81. The predicted molar refractivity (Wildman–Crippen MR) is 113 cm³/mol. The molecule has 0 aliphatic heterocycles. The van der Waals surface area contributed by atoms with Crippen LogP contribution >= 0.6 is 23.2 Å². The fraction of sp³-hybridized carbons (Fsp3) is 0.0952. The summed E-state index contributed by atoms with van der Waals surface area (Å²) in [6.07, 6.45) is -4.65. The Morgan fingerprint density at radius 3 is 2.13 bits per heavy atom. The maximum Gasteiger partial charge on any atom is 0.416 e. The number of ether oxygens (including phenoxy) is 2. The number of methoxy groups -OCH3 is 1. The highest BCUT2D eigenvalue weighted by Crippen LogP contribution is 2.44. The smallest absolute Gasteiger partial charge is 0.416 e. The average Bonchev–Trinajstić information content (AvgIpc) is 2.70. The second-order valence-corrected chi connectivity index (χ2v) is 7.03. The first-order chi connectivity index (χ1) is 14.6. The second kappa shape index (κ2) is 8.95. The fourth-order valence-corrected chi connectivity index (χ4v) is 3.36. The summed E-state index contributed by atoms with van der Waals surface area (Å²) in [4.78, 5) is 13.0. The Hall–Kier alpha value is -3.10. The van der Waals surface area contributed by atoms with Crippen molar-refractivity contribution in [1.82, 2.24) is 0 Å². The Kier molecular flexibility index (Phi) is 6.52. The third-order valence-electron chi connectivity index (χ3n) is 4.17. The normalized spacial score (nSPS) is 11.2. The highest BCUT2D eigenvalue weighted by molar-refractivity contribution is 6.37. The quantitative estimate of drug-likeness (QED) is 0.435. The van der Waals surface area contributed by atoms with Gasteiger partial charge in [0, 0.05) is 0 Å². The Balaban J connectivity index is 2.10. The van der Waals surface area contributed by atoms with Gasteiger partial charge in [0.25, 0.3) is 0 Å². The summed E-state index contributed by atoms with van der Waals surface area (Å²) >= 11 is 12.6. The van der Waals surface area contributed by atoms with Crippen LogP contribution in [0.1, 0.15) is 5.56 Å². The molecule has 2 amide bonds. The molecule has 3 aromatic rings. The summed E-state index contributed by atoms with van der Waals surface area (Å²) in [5.41, 5.74) is 4.29. The molecule has 3 rings (SSSR count). The van der Waals surface area contributed by atoms with E-state index in [1.165, 1.54) is 19.2 Å². The van der Waals surface area contributed by atoms with Crippen molar-refractivity contribution in [3.8, 4) is 17.2 Å². The van der Waals surface area contributed by atoms with Crippen molar-refractivity contribution in [1.29, 1.82) is 0 Å². The lowest BCUT2D eigenvalue weighted by atomic mass is 10.1. The molecule has 0 saturated carbocycles. The summed E-state index contributed by atoms with van der Waals surface area (Å²) in [6, 6.07) is 12.9. The van der Waals surface area contributed by atoms with Crippen molar-refractivity contribution >= 4 is 40.6 Å². The van der Waals surface area contributed by atoms with Gasteiger partial charge in [-0.15, -0.1) is 0 Å². The van der Waals surface area contributed by atoms with Gasteiger partial charge in [-0.1, -0.05) is 41.4 Å². The van der Waals surface area contributed by atoms with Crippen molar-refractivity contribution in [3.63, 3.8) is 0 Å². The number of alkyl halides is 3. The van der Waals surface area contributed by atoms with Crippen LogP contribution < -0.4 is 20.1 Å². The molecule has 5 nitrogen and oxygen atoms in total. The third-order valence-corrected chi connectivity index (χ3v) is 4.73. The van der Waals surface area contributed by atoms with Crippen molar-refractivity contribution < 1.29 is 27.4 Å². The number of carbonyl (C=O) groups is 1. The molecule has 31 heavy (non-hydrogen) atoms. The number of rotatable bonds is 5. The zero-order valence-corrected chi connectivity index (χ0v) is 17.4. The zero-order valence-electron chi connectivity index (χ0n) is 15.9. The van der Waals surface area contributed by atoms with Gasteiger partial charge < -0.3 is 15.2 Å². The molecule has 162 valence electrons. The molecule has 0 aliphatic rings. The van der Waals surface area contributed by atoms with Crippen LogP contribution in [0.2, 0.25) is 10.0 Å². The highest BCUT2D eigenvalue weighted by Gasteiger charge is 2.33. The topological polar surface area (TPSA) is 64.8 Å². The van der Waals surface area contributed by atoms with Crippen molar-refractivity contribution in [3.05, 3.63) is 76.3 Å². The second-order valence-electron chi connectivity index (χ2n) is 6.21. The van der Waals surface area contributed by atoms with E-state index in [-0.39, 0.29) is 32.9 Å². The number of halogens is 5. The number of primary amides is 1. The Morgan fingerprint density at radius 2 is 1.61 bits per heavy atom. The van der Waals surface area contributed by atoms with Crippen LogP contribution in [0.25, 0.3) is 0 Å². The van der Waals surface area contributed by atoms with E-state index in [2.05, 4.69) is 0 Å². The standard InChI is InChI=1S/C21H15Cl2F3N2O3/c1-30-18-8-7-12(21(24,25)26)9-17(18)28(20(27)29)13-10-15(22)19(16(23)11-13)31-14-5-3-2-4-6-14/h2-11H,1H3,(H2,27,29). The van der Waals surface area contributed by atoms with E-state index >= 15 is 0 Å². The summed E-state index contributed by atoms with van der Waals surface area (Å²) in [6.45, 7) is 0. The van der Waals surface area contributed by atoms with Gasteiger partial charge in [0.15, 0.2) is 5.75 Å². The number of nitrogens with two attached hydrogens (primary N) is 1. The molecule has 3 aromatic carbocycles. The van der Waals surface area contributed by atoms with Gasteiger partial charge in [-0.05, 0) is 42.5 Å². The molecule has 0 atom stereocenters. The van der Waals surface area contributed by atoms with Gasteiger partial charge in [0.2, 0.25) is 0 Å². The Labute approximate surface area is 185 Å². The van der Waals surface area contributed by atoms with Crippen LogP contribution in [-0.4, -0.2) is 13.1 Å². The molecule has 0 heterocycles. The molecule has 0 fully saturated rings. The summed E-state index contributed by atoms with van der Waals surface area (Å²) in [5.74, 6) is 0.563. The van der Waals surface area contributed by atoms with Gasteiger partial charge in [0.1, 0.15) is 11.5 Å². The van der Waals surface area contributed by atoms with E-state index in [0.29, 0.717) is 5.75 Å². The Morgan fingerprint density at radius 1 is 1.00 bits per heavy atom.